The van der Waals surface area contributed by atoms with Gasteiger partial charge in [-0.25, -0.2) is 17.6 Å². The number of amides is 2. The van der Waals surface area contributed by atoms with E-state index in [2.05, 4.69) is 25.4 Å². The average molecular weight is 791 g/mol. The second-order valence-electron chi connectivity index (χ2n) is 16.3. The van der Waals surface area contributed by atoms with Crippen LogP contribution in [0.2, 0.25) is 0 Å². The topological polar surface area (TPSA) is 133 Å². The van der Waals surface area contributed by atoms with Crippen molar-refractivity contribution in [1.29, 1.82) is 0 Å². The minimum Gasteiger partial charge on any atom is -0.453 e. The molecule has 4 heterocycles. The second-order valence-corrected chi connectivity index (χ2v) is 18.6. The van der Waals surface area contributed by atoms with E-state index in [-0.39, 0.29) is 42.7 Å². The molecule has 4 fully saturated rings. The highest BCUT2D eigenvalue weighted by Gasteiger charge is 2.52. The van der Waals surface area contributed by atoms with Crippen LogP contribution in [0.1, 0.15) is 37.7 Å². The first kappa shape index (κ1) is 39.9. The van der Waals surface area contributed by atoms with Gasteiger partial charge in [0, 0.05) is 74.6 Å². The molecule has 3 saturated heterocycles. The smallest absolute Gasteiger partial charge is 0.407 e. The third kappa shape index (κ3) is 8.49. The van der Waals surface area contributed by atoms with Gasteiger partial charge < -0.3 is 29.7 Å². The molecule has 2 amide bonds. The fraction of sp³-hybridized carbons (Fsp3) is 0.561. The standard InChI is InChI=1S/C41H55FN8O5S/c1-46(2)19-6-11-39(51)49-27-36(28-49)56(53,54)35-14-12-34(13-15-35)48-25-30(26-48)24-47-20-16-31(17-21-47)41(29-50-22-18-43-45-50,32-7-4-8-33(42)23-32)37-9-5-10-38(37)44-40(52)55-3/h4,6-8,11-15,18,22-23,30-31,36-38H,5,9-10,16-17,19-21,24-29H2,1-3H3,(H,44,52)/b11-6+/t37-,38-,41-/m0/s1. The lowest BCUT2D eigenvalue weighted by molar-refractivity contribution is -0.129. The van der Waals surface area contributed by atoms with E-state index >= 15 is 4.39 Å². The minimum absolute atomic E-state index is 0.0545. The van der Waals surface area contributed by atoms with Crippen molar-refractivity contribution >= 4 is 27.5 Å². The Labute approximate surface area is 329 Å². The van der Waals surface area contributed by atoms with Crippen molar-refractivity contribution in [3.8, 4) is 0 Å². The zero-order chi connectivity index (χ0) is 39.5. The van der Waals surface area contributed by atoms with Crippen molar-refractivity contribution in [3.05, 3.63) is 84.5 Å². The third-order valence-electron chi connectivity index (χ3n) is 12.6. The molecule has 2 aromatic carbocycles. The average Bonchev–Trinajstić information content (AvgIpc) is 3.84. The highest BCUT2D eigenvalue weighted by atomic mass is 32.2. The number of likely N-dealkylation sites (N-methyl/N-ethyl adjacent to an activating group) is 1. The van der Waals surface area contributed by atoms with Gasteiger partial charge in [-0.15, -0.1) is 5.10 Å². The zero-order valence-electron chi connectivity index (χ0n) is 32.7. The number of halogens is 1. The fourth-order valence-electron chi connectivity index (χ4n) is 9.63. The van der Waals surface area contributed by atoms with Crippen LogP contribution in [0.15, 0.2) is 78.0 Å². The molecule has 0 radical (unpaired) electrons. The summed E-state index contributed by atoms with van der Waals surface area (Å²) >= 11 is 0. The van der Waals surface area contributed by atoms with Crippen molar-refractivity contribution < 1.29 is 27.1 Å². The summed E-state index contributed by atoms with van der Waals surface area (Å²) in [5, 5.41) is 11.0. The first-order valence-electron chi connectivity index (χ1n) is 19.8. The maximum Gasteiger partial charge on any atom is 0.407 e. The zero-order valence-corrected chi connectivity index (χ0v) is 33.5. The number of ether oxygens (including phenoxy) is 1. The number of likely N-dealkylation sites (tertiary alicyclic amines) is 2. The van der Waals surface area contributed by atoms with Crippen molar-refractivity contribution in [3.63, 3.8) is 0 Å². The van der Waals surface area contributed by atoms with Gasteiger partial charge in [0.2, 0.25) is 5.91 Å². The van der Waals surface area contributed by atoms with E-state index in [9.17, 15) is 18.0 Å². The number of alkyl carbamates (subject to hydrolysis) is 1. The first-order valence-corrected chi connectivity index (χ1v) is 21.4. The summed E-state index contributed by atoms with van der Waals surface area (Å²) in [6.07, 6.45) is 11.0. The molecule has 1 N–H and O–H groups in total. The number of hydrogen-bond donors (Lipinski definition) is 1. The molecule has 1 aromatic heterocycles. The number of hydrogen-bond acceptors (Lipinski definition) is 10. The molecule has 0 spiro atoms. The first-order chi connectivity index (χ1) is 27.0. The number of sulfone groups is 1. The summed E-state index contributed by atoms with van der Waals surface area (Å²) in [6, 6.07) is 14.1. The van der Waals surface area contributed by atoms with Crippen LogP contribution in [-0.4, -0.2) is 135 Å². The number of aromatic nitrogens is 3. The number of anilines is 1. The molecule has 1 aliphatic carbocycles. The molecule has 13 nitrogen and oxygen atoms in total. The number of benzene rings is 2. The molecule has 56 heavy (non-hydrogen) atoms. The normalized spacial score (nSPS) is 22.6. The molecule has 3 aromatic rings. The van der Waals surface area contributed by atoms with Gasteiger partial charge in [-0.2, -0.15) is 0 Å². The number of nitrogens with one attached hydrogen (secondary N) is 1. The van der Waals surface area contributed by atoms with Gasteiger partial charge in [-0.05, 0) is 107 Å². The Kier molecular flexibility index (Phi) is 12.1. The molecule has 15 heteroatoms. The number of carbonyl (C=O) groups is 2. The van der Waals surface area contributed by atoms with Crippen molar-refractivity contribution in [2.75, 3.05) is 78.5 Å². The van der Waals surface area contributed by atoms with Gasteiger partial charge >= 0.3 is 6.09 Å². The van der Waals surface area contributed by atoms with Crippen LogP contribution in [0, 0.1) is 23.6 Å². The largest absolute Gasteiger partial charge is 0.453 e. The van der Waals surface area contributed by atoms with Crippen LogP contribution in [0.4, 0.5) is 14.9 Å². The maximum atomic E-state index is 15.0. The van der Waals surface area contributed by atoms with E-state index in [4.69, 9.17) is 4.74 Å². The molecule has 302 valence electrons. The predicted molar refractivity (Wildman–Crippen MR) is 211 cm³/mol. The van der Waals surface area contributed by atoms with E-state index in [1.54, 1.807) is 41.4 Å². The quantitative estimate of drug-likeness (QED) is 0.241. The second kappa shape index (κ2) is 17.0. The Hall–Kier alpha value is -4.34. The van der Waals surface area contributed by atoms with Crippen molar-refractivity contribution in [2.45, 2.75) is 60.3 Å². The highest BCUT2D eigenvalue weighted by molar-refractivity contribution is 7.92. The predicted octanol–water partition coefficient (Wildman–Crippen LogP) is 3.83. The van der Waals surface area contributed by atoms with Gasteiger partial charge in [0.05, 0.1) is 24.7 Å². The van der Waals surface area contributed by atoms with E-state index < -0.39 is 26.6 Å². The Balaban J connectivity index is 0.960. The third-order valence-corrected chi connectivity index (χ3v) is 14.7. The minimum atomic E-state index is -3.53. The summed E-state index contributed by atoms with van der Waals surface area (Å²) < 4.78 is 48.5. The fourth-order valence-corrected chi connectivity index (χ4v) is 11.3. The summed E-state index contributed by atoms with van der Waals surface area (Å²) in [5.41, 5.74) is 1.46. The maximum absolute atomic E-state index is 15.0. The molecule has 0 bridgehead atoms. The number of piperidine rings is 1. The number of rotatable bonds is 14. The SMILES string of the molecule is COC(=O)N[C@H]1CCC[C@@H]1[C@](Cn1ccnn1)(c1cccc(F)c1)C1CCN(CC2CN(c3ccc(S(=O)(=O)C4CN(C(=O)/C=C/CN(C)C)C4)cc3)C2)CC1. The van der Waals surface area contributed by atoms with Crippen LogP contribution in [0.3, 0.4) is 0 Å². The van der Waals surface area contributed by atoms with Gasteiger partial charge in [0.15, 0.2) is 9.84 Å². The molecule has 4 aliphatic rings. The van der Waals surface area contributed by atoms with Crippen LogP contribution in [0.25, 0.3) is 0 Å². The van der Waals surface area contributed by atoms with Crippen LogP contribution in [-0.2, 0) is 31.3 Å². The molecule has 1 saturated carbocycles. The summed E-state index contributed by atoms with van der Waals surface area (Å²) in [5.74, 6) is 0.339. The molecule has 7 rings (SSSR count). The Morgan fingerprint density at radius 1 is 1.04 bits per heavy atom. The molecular weight excluding hydrogens is 736 g/mol. The van der Waals surface area contributed by atoms with Crippen LogP contribution in [0.5, 0.6) is 0 Å². The summed E-state index contributed by atoms with van der Waals surface area (Å²) in [7, 11) is 1.70. The Morgan fingerprint density at radius 2 is 1.79 bits per heavy atom. The van der Waals surface area contributed by atoms with Crippen molar-refractivity contribution in [1.82, 2.24) is 35.0 Å². The van der Waals surface area contributed by atoms with Crippen LogP contribution >= 0.6 is 0 Å². The van der Waals surface area contributed by atoms with Crippen molar-refractivity contribution in [2.24, 2.45) is 17.8 Å². The molecular formula is C41H55FN8O5S. The number of methoxy groups -OCH3 is 1. The Morgan fingerprint density at radius 3 is 2.45 bits per heavy atom. The van der Waals surface area contributed by atoms with E-state index in [0.29, 0.717) is 23.9 Å². The lowest BCUT2D eigenvalue weighted by Crippen LogP contribution is -2.56. The number of carbonyl (C=O) groups excluding carboxylic acids is 2. The lowest BCUT2D eigenvalue weighted by atomic mass is 9.58. The van der Waals surface area contributed by atoms with Gasteiger partial charge in [0.25, 0.3) is 0 Å². The van der Waals surface area contributed by atoms with E-state index in [1.807, 2.05) is 48.1 Å². The molecule has 0 unspecified atom stereocenters. The monoisotopic (exact) mass is 790 g/mol. The summed E-state index contributed by atoms with van der Waals surface area (Å²) in [4.78, 5) is 33.5. The molecule has 3 atom stereocenters. The van der Waals surface area contributed by atoms with E-state index in [0.717, 1.165) is 76.1 Å². The van der Waals surface area contributed by atoms with Gasteiger partial charge in [0.1, 0.15) is 11.1 Å². The molecule has 3 aliphatic heterocycles. The van der Waals surface area contributed by atoms with Gasteiger partial charge in [-0.3, -0.25) is 9.48 Å². The lowest BCUT2D eigenvalue weighted by Gasteiger charge is -2.51. The van der Waals surface area contributed by atoms with Gasteiger partial charge in [-0.1, -0.05) is 29.8 Å². The van der Waals surface area contributed by atoms with E-state index in [1.165, 1.54) is 19.3 Å². The Bertz CT molecular complexity index is 1940. The highest BCUT2D eigenvalue weighted by Crippen LogP contribution is 2.51. The van der Waals surface area contributed by atoms with Crippen LogP contribution < -0.4 is 10.2 Å². The number of nitrogens with zero attached hydrogens (tertiary/aromatic N) is 7. The summed E-state index contributed by atoms with van der Waals surface area (Å²) in [6.45, 7) is 6.21.